The summed E-state index contributed by atoms with van der Waals surface area (Å²) in [5.74, 6) is -0.418. The predicted molar refractivity (Wildman–Crippen MR) is 66.8 cm³/mol. The quantitative estimate of drug-likeness (QED) is 0.853. The molecule has 1 aliphatic rings. The van der Waals surface area contributed by atoms with E-state index >= 15 is 0 Å². The second-order valence-electron chi connectivity index (χ2n) is 4.50. The van der Waals surface area contributed by atoms with E-state index in [1.807, 2.05) is 0 Å². The van der Waals surface area contributed by atoms with Crippen LogP contribution in [0.3, 0.4) is 0 Å². The Labute approximate surface area is 106 Å². The molecule has 1 aromatic carbocycles. The third kappa shape index (κ3) is 2.46. The summed E-state index contributed by atoms with van der Waals surface area (Å²) >= 11 is 0. The Morgan fingerprint density at radius 2 is 2.17 bits per heavy atom. The first-order chi connectivity index (χ1) is 8.63. The molecule has 1 aliphatic heterocycles. The summed E-state index contributed by atoms with van der Waals surface area (Å²) in [7, 11) is 1.75. The normalized spacial score (nSPS) is 16.9. The van der Waals surface area contributed by atoms with E-state index in [-0.39, 0.29) is 24.9 Å². The maximum atomic E-state index is 13.9. The minimum absolute atomic E-state index is 0.0281. The molecule has 0 atom stereocenters. The fourth-order valence-electron chi connectivity index (χ4n) is 2.22. The van der Waals surface area contributed by atoms with Crippen LogP contribution in [0.15, 0.2) is 18.2 Å². The number of likely N-dealkylation sites (N-methyl/N-ethyl adjacent to an activating group) is 1. The molecule has 1 heterocycles. The lowest BCUT2D eigenvalue weighted by Crippen LogP contribution is -2.35. The topological polar surface area (TPSA) is 43.8 Å². The zero-order valence-corrected chi connectivity index (χ0v) is 10.4. The number of anilines is 1. The molecule has 0 unspecified atom stereocenters. The van der Waals surface area contributed by atoms with Crippen molar-refractivity contribution in [1.82, 2.24) is 4.90 Å². The van der Waals surface area contributed by atoms with Crippen LogP contribution in [0, 0.1) is 5.82 Å². The van der Waals surface area contributed by atoms with Crippen LogP contribution in [-0.4, -0.2) is 42.6 Å². The number of amides is 1. The Hall–Kier alpha value is -1.62. The molecule has 0 radical (unpaired) electrons. The second-order valence-corrected chi connectivity index (χ2v) is 4.50. The molecule has 2 rings (SSSR count). The molecule has 0 aromatic heterocycles. The van der Waals surface area contributed by atoms with E-state index in [9.17, 15) is 14.3 Å². The molecule has 98 valence electrons. The molecule has 1 amide bonds. The number of hydrogen-bond acceptors (Lipinski definition) is 3. The van der Waals surface area contributed by atoms with Gasteiger partial charge < -0.3 is 14.9 Å². The van der Waals surface area contributed by atoms with Crippen LogP contribution in [0.4, 0.5) is 10.1 Å². The molecule has 0 bridgehead atoms. The zero-order chi connectivity index (χ0) is 13.1. The van der Waals surface area contributed by atoms with Gasteiger partial charge in [-0.15, -0.1) is 0 Å². The van der Waals surface area contributed by atoms with Gasteiger partial charge in [0.15, 0.2) is 0 Å². The molecule has 1 aromatic rings. The van der Waals surface area contributed by atoms with Gasteiger partial charge in [-0.3, -0.25) is 4.79 Å². The van der Waals surface area contributed by atoms with Gasteiger partial charge in [-0.05, 0) is 12.5 Å². The van der Waals surface area contributed by atoms with Crippen LogP contribution in [0.5, 0.6) is 0 Å². The highest BCUT2D eigenvalue weighted by molar-refractivity contribution is 5.82. The second kappa shape index (κ2) is 5.35. The van der Waals surface area contributed by atoms with Crippen molar-refractivity contribution in [3.63, 3.8) is 0 Å². The standard InChI is InChI=1S/C13H17FN2O2/c1-15-6-3-7-16(8-12(15)18)13-10(9-17)4-2-5-11(13)14/h2,4-5,17H,3,6-9H2,1H3. The molecule has 0 saturated carbocycles. The summed E-state index contributed by atoms with van der Waals surface area (Å²) in [4.78, 5) is 15.2. The maximum Gasteiger partial charge on any atom is 0.241 e. The minimum atomic E-state index is -0.390. The third-order valence-electron chi connectivity index (χ3n) is 3.23. The highest BCUT2D eigenvalue weighted by atomic mass is 19.1. The van der Waals surface area contributed by atoms with E-state index in [1.165, 1.54) is 6.07 Å². The number of para-hydroxylation sites is 1. The first-order valence-electron chi connectivity index (χ1n) is 6.00. The van der Waals surface area contributed by atoms with Crippen LogP contribution >= 0.6 is 0 Å². The lowest BCUT2D eigenvalue weighted by Gasteiger charge is -2.24. The van der Waals surface area contributed by atoms with Crippen molar-refractivity contribution >= 4 is 11.6 Å². The number of carbonyl (C=O) groups excluding carboxylic acids is 1. The highest BCUT2D eigenvalue weighted by Crippen LogP contribution is 2.25. The molecule has 18 heavy (non-hydrogen) atoms. The van der Waals surface area contributed by atoms with E-state index in [0.29, 0.717) is 24.3 Å². The Kier molecular flexibility index (Phi) is 3.81. The van der Waals surface area contributed by atoms with E-state index < -0.39 is 0 Å². The van der Waals surface area contributed by atoms with Gasteiger partial charge in [0.25, 0.3) is 0 Å². The summed E-state index contributed by atoms with van der Waals surface area (Å²) in [6, 6.07) is 4.60. The van der Waals surface area contributed by atoms with Crippen molar-refractivity contribution < 1.29 is 14.3 Å². The highest BCUT2D eigenvalue weighted by Gasteiger charge is 2.22. The predicted octanol–water partition coefficient (Wildman–Crippen LogP) is 0.986. The first-order valence-corrected chi connectivity index (χ1v) is 6.00. The van der Waals surface area contributed by atoms with Crippen molar-refractivity contribution in [1.29, 1.82) is 0 Å². The zero-order valence-electron chi connectivity index (χ0n) is 10.4. The third-order valence-corrected chi connectivity index (χ3v) is 3.23. The fraction of sp³-hybridized carbons (Fsp3) is 0.462. The number of aliphatic hydroxyl groups is 1. The average molecular weight is 252 g/mol. The summed E-state index contributed by atoms with van der Waals surface area (Å²) in [5, 5.41) is 9.27. The monoisotopic (exact) mass is 252 g/mol. The number of nitrogens with zero attached hydrogens (tertiary/aromatic N) is 2. The number of carbonyl (C=O) groups is 1. The van der Waals surface area contributed by atoms with E-state index in [4.69, 9.17) is 0 Å². The van der Waals surface area contributed by atoms with Crippen molar-refractivity contribution in [2.75, 3.05) is 31.6 Å². The fourth-order valence-corrected chi connectivity index (χ4v) is 2.22. The lowest BCUT2D eigenvalue weighted by molar-refractivity contribution is -0.127. The number of halogens is 1. The molecule has 5 heteroatoms. The molecule has 1 N–H and O–H groups in total. The van der Waals surface area contributed by atoms with Gasteiger partial charge >= 0.3 is 0 Å². The molecule has 1 saturated heterocycles. The van der Waals surface area contributed by atoms with E-state index in [1.54, 1.807) is 29.0 Å². The van der Waals surface area contributed by atoms with Crippen molar-refractivity contribution in [2.45, 2.75) is 13.0 Å². The van der Waals surface area contributed by atoms with Gasteiger partial charge in [0.1, 0.15) is 5.82 Å². The van der Waals surface area contributed by atoms with E-state index in [0.717, 1.165) is 6.42 Å². The van der Waals surface area contributed by atoms with Crippen LogP contribution in [-0.2, 0) is 11.4 Å². The van der Waals surface area contributed by atoms with Gasteiger partial charge in [0.05, 0.1) is 18.8 Å². The number of aliphatic hydroxyl groups excluding tert-OH is 1. The smallest absolute Gasteiger partial charge is 0.241 e. The Morgan fingerprint density at radius 3 is 2.89 bits per heavy atom. The number of benzene rings is 1. The Morgan fingerprint density at radius 1 is 1.39 bits per heavy atom. The summed E-state index contributed by atoms with van der Waals surface area (Å²) < 4.78 is 13.9. The van der Waals surface area contributed by atoms with Gasteiger partial charge in [-0.25, -0.2) is 4.39 Å². The first kappa shape index (κ1) is 12.8. The summed E-state index contributed by atoms with van der Waals surface area (Å²) in [6.07, 6.45) is 0.793. The van der Waals surface area contributed by atoms with Crippen molar-refractivity contribution in [3.05, 3.63) is 29.6 Å². The van der Waals surface area contributed by atoms with Gasteiger partial charge in [0, 0.05) is 25.7 Å². The largest absolute Gasteiger partial charge is 0.392 e. The van der Waals surface area contributed by atoms with Crippen molar-refractivity contribution in [2.24, 2.45) is 0 Å². The summed E-state index contributed by atoms with van der Waals surface area (Å²) in [5.41, 5.74) is 0.871. The summed E-state index contributed by atoms with van der Waals surface area (Å²) in [6.45, 7) is 1.22. The van der Waals surface area contributed by atoms with Crippen LogP contribution in [0.25, 0.3) is 0 Å². The Bertz CT molecular complexity index is 451. The minimum Gasteiger partial charge on any atom is -0.392 e. The average Bonchev–Trinajstić information content (AvgIpc) is 2.51. The molecule has 0 aliphatic carbocycles. The molecular weight excluding hydrogens is 235 g/mol. The van der Waals surface area contributed by atoms with Crippen molar-refractivity contribution in [3.8, 4) is 0 Å². The molecule has 1 fully saturated rings. The lowest BCUT2D eigenvalue weighted by atomic mass is 10.1. The van der Waals surface area contributed by atoms with Crippen LogP contribution < -0.4 is 4.90 Å². The molecule has 0 spiro atoms. The van der Waals surface area contributed by atoms with Gasteiger partial charge in [-0.2, -0.15) is 0 Å². The van der Waals surface area contributed by atoms with Crippen LogP contribution in [0.1, 0.15) is 12.0 Å². The van der Waals surface area contributed by atoms with E-state index in [2.05, 4.69) is 0 Å². The van der Waals surface area contributed by atoms with Gasteiger partial charge in [-0.1, -0.05) is 12.1 Å². The molecule has 4 nitrogen and oxygen atoms in total. The SMILES string of the molecule is CN1CCCN(c2c(F)cccc2CO)CC1=O. The number of rotatable bonds is 2. The molecular formula is C13H17FN2O2. The number of hydrogen-bond donors (Lipinski definition) is 1. The van der Waals surface area contributed by atoms with Gasteiger partial charge in [0.2, 0.25) is 5.91 Å². The Balaban J connectivity index is 2.33. The maximum absolute atomic E-state index is 13.9. The van der Waals surface area contributed by atoms with Crippen LogP contribution in [0.2, 0.25) is 0 Å².